The van der Waals surface area contributed by atoms with Crippen LogP contribution < -0.4 is 0 Å². The van der Waals surface area contributed by atoms with E-state index in [1.165, 1.54) is 32.2 Å². The Labute approximate surface area is 74.6 Å². The molecule has 3 aliphatic rings. The molecule has 1 aliphatic carbocycles. The first kappa shape index (κ1) is 8.52. The molecule has 2 aliphatic heterocycles. The topological polar surface area (TPSA) is 23.5 Å². The predicted octanol–water partition coefficient (Wildman–Crippen LogP) is 1.24. The van der Waals surface area contributed by atoms with E-state index in [2.05, 4.69) is 4.90 Å². The summed E-state index contributed by atoms with van der Waals surface area (Å²) in [7, 11) is 0. The number of rotatable bonds is 2. The molecule has 2 saturated heterocycles. The quantitative estimate of drug-likeness (QED) is 0.672. The van der Waals surface area contributed by atoms with Gasteiger partial charge < -0.3 is 5.11 Å². The van der Waals surface area contributed by atoms with Crippen LogP contribution in [0.15, 0.2) is 0 Å². The zero-order valence-corrected chi connectivity index (χ0v) is 7.87. The monoisotopic (exact) mass is 169 g/mol. The van der Waals surface area contributed by atoms with E-state index in [0.29, 0.717) is 0 Å². The minimum absolute atomic E-state index is 0.149. The molecule has 1 saturated carbocycles. The molecule has 0 radical (unpaired) electrons. The maximum Gasteiger partial charge on any atom is 0.0639 e. The molecule has 70 valence electrons. The number of fused-ring (bicyclic) bond motifs is 3. The summed E-state index contributed by atoms with van der Waals surface area (Å²) in [6, 6.07) is 0.796. The van der Waals surface area contributed by atoms with Gasteiger partial charge in [-0.3, -0.25) is 4.90 Å². The summed E-state index contributed by atoms with van der Waals surface area (Å²) in [5.74, 6) is 0.939. The predicted molar refractivity (Wildman–Crippen MR) is 49.0 cm³/mol. The fourth-order valence-electron chi connectivity index (χ4n) is 2.74. The van der Waals surface area contributed by atoms with Crippen LogP contribution in [0.1, 0.15) is 32.6 Å². The van der Waals surface area contributed by atoms with Crippen molar-refractivity contribution in [3.63, 3.8) is 0 Å². The van der Waals surface area contributed by atoms with Crippen LogP contribution in [0.25, 0.3) is 0 Å². The van der Waals surface area contributed by atoms with E-state index < -0.39 is 0 Å². The van der Waals surface area contributed by atoms with Crippen molar-refractivity contribution in [3.05, 3.63) is 0 Å². The Morgan fingerprint density at radius 1 is 1.33 bits per heavy atom. The Kier molecular flexibility index (Phi) is 2.37. The van der Waals surface area contributed by atoms with Gasteiger partial charge in [-0.15, -0.1) is 0 Å². The van der Waals surface area contributed by atoms with Crippen LogP contribution in [0, 0.1) is 5.92 Å². The van der Waals surface area contributed by atoms with Gasteiger partial charge in [0.15, 0.2) is 0 Å². The molecule has 2 heterocycles. The van der Waals surface area contributed by atoms with Crippen molar-refractivity contribution in [2.24, 2.45) is 5.92 Å². The first-order chi connectivity index (χ1) is 5.75. The van der Waals surface area contributed by atoms with Gasteiger partial charge in [-0.25, -0.2) is 0 Å². The van der Waals surface area contributed by atoms with Crippen LogP contribution in [0.3, 0.4) is 0 Å². The Hall–Kier alpha value is -0.0800. The average Bonchev–Trinajstić information content (AvgIpc) is 2.05. The fraction of sp³-hybridized carbons (Fsp3) is 1.00. The van der Waals surface area contributed by atoms with Crippen molar-refractivity contribution < 1.29 is 5.11 Å². The van der Waals surface area contributed by atoms with Gasteiger partial charge in [0, 0.05) is 19.1 Å². The molecule has 0 unspecified atom stereocenters. The van der Waals surface area contributed by atoms with Gasteiger partial charge >= 0.3 is 0 Å². The molecule has 1 atom stereocenters. The molecular weight excluding hydrogens is 150 g/mol. The van der Waals surface area contributed by atoms with Crippen molar-refractivity contribution in [2.75, 3.05) is 13.1 Å². The van der Waals surface area contributed by atoms with Crippen molar-refractivity contribution in [1.82, 2.24) is 4.90 Å². The molecule has 0 aromatic rings. The van der Waals surface area contributed by atoms with E-state index >= 15 is 0 Å². The van der Waals surface area contributed by atoms with Gasteiger partial charge in [-0.2, -0.15) is 0 Å². The standard InChI is InChI=1S/C10H19NO/c1-8(12)6-11-7-9-2-4-10(11)5-3-9/h8-10,12H,2-7H2,1H3/t8-,9?,10?/m1/s1. The van der Waals surface area contributed by atoms with Crippen molar-refractivity contribution in [2.45, 2.75) is 44.8 Å². The fourth-order valence-corrected chi connectivity index (χ4v) is 2.74. The van der Waals surface area contributed by atoms with E-state index in [9.17, 15) is 5.11 Å². The maximum absolute atomic E-state index is 9.29. The molecule has 12 heavy (non-hydrogen) atoms. The molecule has 0 spiro atoms. The van der Waals surface area contributed by atoms with Crippen LogP contribution in [-0.2, 0) is 0 Å². The number of hydrogen-bond donors (Lipinski definition) is 1. The molecule has 2 nitrogen and oxygen atoms in total. The summed E-state index contributed by atoms with van der Waals surface area (Å²) in [4.78, 5) is 2.49. The highest BCUT2D eigenvalue weighted by atomic mass is 16.3. The van der Waals surface area contributed by atoms with Crippen LogP contribution >= 0.6 is 0 Å². The maximum atomic E-state index is 9.29. The summed E-state index contributed by atoms with van der Waals surface area (Å²) in [6.07, 6.45) is 5.46. The average molecular weight is 169 g/mol. The Morgan fingerprint density at radius 3 is 2.42 bits per heavy atom. The minimum atomic E-state index is -0.149. The lowest BCUT2D eigenvalue weighted by Gasteiger charge is -2.45. The molecule has 2 bridgehead atoms. The number of nitrogens with zero attached hydrogens (tertiary/aromatic N) is 1. The summed E-state index contributed by atoms with van der Waals surface area (Å²) >= 11 is 0. The van der Waals surface area contributed by atoms with E-state index in [4.69, 9.17) is 0 Å². The molecule has 1 N–H and O–H groups in total. The minimum Gasteiger partial charge on any atom is -0.392 e. The van der Waals surface area contributed by atoms with E-state index in [1.807, 2.05) is 6.92 Å². The molecule has 0 aromatic carbocycles. The second kappa shape index (κ2) is 3.35. The first-order valence-electron chi connectivity index (χ1n) is 5.18. The van der Waals surface area contributed by atoms with Crippen LogP contribution in [-0.4, -0.2) is 35.2 Å². The second-order valence-electron chi connectivity index (χ2n) is 4.48. The molecular formula is C10H19NO. The Morgan fingerprint density at radius 2 is 2.00 bits per heavy atom. The van der Waals surface area contributed by atoms with E-state index in [0.717, 1.165) is 18.5 Å². The van der Waals surface area contributed by atoms with Crippen molar-refractivity contribution >= 4 is 0 Å². The molecule has 3 fully saturated rings. The highest BCUT2D eigenvalue weighted by molar-refractivity contribution is 4.88. The Balaban J connectivity index is 1.91. The number of hydrogen-bond acceptors (Lipinski definition) is 2. The van der Waals surface area contributed by atoms with E-state index in [-0.39, 0.29) is 6.10 Å². The lowest BCUT2D eigenvalue weighted by molar-refractivity contribution is 0.0160. The largest absolute Gasteiger partial charge is 0.392 e. The number of aliphatic hydroxyl groups is 1. The summed E-state index contributed by atoms with van der Waals surface area (Å²) < 4.78 is 0. The van der Waals surface area contributed by atoms with Gasteiger partial charge in [-0.1, -0.05) is 0 Å². The lowest BCUT2D eigenvalue weighted by atomic mass is 9.80. The van der Waals surface area contributed by atoms with Crippen LogP contribution in [0.5, 0.6) is 0 Å². The van der Waals surface area contributed by atoms with Crippen molar-refractivity contribution in [3.8, 4) is 0 Å². The molecule has 0 aromatic heterocycles. The highest BCUT2D eigenvalue weighted by Crippen LogP contribution is 2.34. The van der Waals surface area contributed by atoms with Crippen molar-refractivity contribution in [1.29, 1.82) is 0 Å². The van der Waals surface area contributed by atoms with Gasteiger partial charge in [0.05, 0.1) is 6.10 Å². The molecule has 3 rings (SSSR count). The Bertz CT molecular complexity index is 148. The van der Waals surface area contributed by atoms with Crippen LogP contribution in [0.4, 0.5) is 0 Å². The number of aliphatic hydroxyl groups excluding tert-OH is 1. The van der Waals surface area contributed by atoms with Crippen LogP contribution in [0.2, 0.25) is 0 Å². The third-order valence-corrected chi connectivity index (χ3v) is 3.32. The SMILES string of the molecule is C[C@@H](O)CN1CC2CCC1CC2. The number of piperidine rings is 2. The summed E-state index contributed by atoms with van der Waals surface area (Å²) in [6.45, 7) is 4.03. The van der Waals surface area contributed by atoms with Gasteiger partial charge in [0.25, 0.3) is 0 Å². The second-order valence-corrected chi connectivity index (χ2v) is 4.48. The first-order valence-corrected chi connectivity index (χ1v) is 5.18. The normalized spacial score (nSPS) is 38.5. The molecule has 2 heteroatoms. The lowest BCUT2D eigenvalue weighted by Crippen LogP contribution is -2.50. The van der Waals surface area contributed by atoms with Gasteiger partial charge in [-0.05, 0) is 38.5 Å². The summed E-state index contributed by atoms with van der Waals surface area (Å²) in [5.41, 5.74) is 0. The van der Waals surface area contributed by atoms with Gasteiger partial charge in [0.2, 0.25) is 0 Å². The smallest absolute Gasteiger partial charge is 0.0639 e. The highest BCUT2D eigenvalue weighted by Gasteiger charge is 2.33. The van der Waals surface area contributed by atoms with E-state index in [1.54, 1.807) is 0 Å². The molecule has 0 amide bonds. The third kappa shape index (κ3) is 1.64. The van der Waals surface area contributed by atoms with Gasteiger partial charge in [0.1, 0.15) is 0 Å². The third-order valence-electron chi connectivity index (χ3n) is 3.32. The zero-order valence-electron chi connectivity index (χ0n) is 7.87. The summed E-state index contributed by atoms with van der Waals surface area (Å²) in [5, 5.41) is 9.29. The zero-order chi connectivity index (χ0) is 8.55.